The van der Waals surface area contributed by atoms with Gasteiger partial charge in [0.05, 0.1) is 0 Å². The first kappa shape index (κ1) is 14.9. The number of halogens is 3. The van der Waals surface area contributed by atoms with Crippen molar-refractivity contribution in [2.24, 2.45) is 5.73 Å². The monoisotopic (exact) mass is 276 g/mol. The fraction of sp³-hybridized carbons (Fsp3) is 0.417. The molecule has 1 aromatic carbocycles. The van der Waals surface area contributed by atoms with Crippen molar-refractivity contribution in [3.8, 4) is 0 Å². The van der Waals surface area contributed by atoms with E-state index in [-0.39, 0.29) is 29.9 Å². The van der Waals surface area contributed by atoms with Gasteiger partial charge in [-0.1, -0.05) is 0 Å². The minimum atomic E-state index is -0.741. The Morgan fingerprint density at radius 1 is 1.28 bits per heavy atom. The van der Waals surface area contributed by atoms with Gasteiger partial charge in [0.25, 0.3) is 5.91 Å². The minimum absolute atomic E-state index is 0. The number of carbonyl (C=O) groups excluding carboxylic acids is 1. The first-order valence-electron chi connectivity index (χ1n) is 5.57. The molecular formula is C12H15ClF2N2O. The van der Waals surface area contributed by atoms with Gasteiger partial charge in [0.15, 0.2) is 0 Å². The molecule has 0 saturated carbocycles. The summed E-state index contributed by atoms with van der Waals surface area (Å²) in [6.45, 7) is 1.03. The van der Waals surface area contributed by atoms with E-state index in [0.717, 1.165) is 31.0 Å². The second-order valence-corrected chi connectivity index (χ2v) is 4.31. The highest BCUT2D eigenvalue weighted by molar-refractivity contribution is 5.94. The van der Waals surface area contributed by atoms with Crippen molar-refractivity contribution < 1.29 is 13.6 Å². The van der Waals surface area contributed by atoms with Crippen molar-refractivity contribution in [2.75, 3.05) is 13.1 Å². The summed E-state index contributed by atoms with van der Waals surface area (Å²) in [5.74, 6) is -1.84. The van der Waals surface area contributed by atoms with Crippen LogP contribution in [0.1, 0.15) is 23.2 Å². The van der Waals surface area contributed by atoms with Crippen molar-refractivity contribution in [2.45, 2.75) is 18.9 Å². The van der Waals surface area contributed by atoms with E-state index in [1.165, 1.54) is 0 Å². The number of rotatable bonds is 1. The standard InChI is InChI=1S/C12H14F2N2O.ClH/c13-9-4-8(5-10(14)6-9)12(17)16-3-1-2-11(15)7-16;/h4-6,11H,1-3,7,15H2;1H/t11-;/m1./s1. The molecule has 0 radical (unpaired) electrons. The Morgan fingerprint density at radius 3 is 2.44 bits per heavy atom. The Morgan fingerprint density at radius 2 is 1.89 bits per heavy atom. The van der Waals surface area contributed by atoms with Crippen LogP contribution >= 0.6 is 12.4 Å². The van der Waals surface area contributed by atoms with Crippen LogP contribution in [0.5, 0.6) is 0 Å². The SMILES string of the molecule is Cl.N[C@@H]1CCCN(C(=O)c2cc(F)cc(F)c2)C1. The lowest BCUT2D eigenvalue weighted by molar-refractivity contribution is 0.0708. The van der Waals surface area contributed by atoms with Crippen molar-refractivity contribution in [3.63, 3.8) is 0 Å². The van der Waals surface area contributed by atoms with Gasteiger partial charge in [0.1, 0.15) is 11.6 Å². The fourth-order valence-electron chi connectivity index (χ4n) is 2.05. The first-order valence-corrected chi connectivity index (χ1v) is 5.57. The summed E-state index contributed by atoms with van der Waals surface area (Å²) in [5, 5.41) is 0. The Hall–Kier alpha value is -1.20. The zero-order valence-corrected chi connectivity index (χ0v) is 10.6. The van der Waals surface area contributed by atoms with E-state index in [0.29, 0.717) is 13.1 Å². The Bertz CT molecular complexity index is 422. The topological polar surface area (TPSA) is 46.3 Å². The molecule has 1 aromatic rings. The van der Waals surface area contributed by atoms with Crippen LogP contribution in [0.4, 0.5) is 8.78 Å². The third-order valence-electron chi connectivity index (χ3n) is 2.85. The molecule has 1 amide bonds. The zero-order chi connectivity index (χ0) is 12.4. The first-order chi connectivity index (χ1) is 8.06. The van der Waals surface area contributed by atoms with E-state index in [9.17, 15) is 13.6 Å². The number of benzene rings is 1. The molecule has 18 heavy (non-hydrogen) atoms. The molecule has 1 fully saturated rings. The summed E-state index contributed by atoms with van der Waals surface area (Å²) in [6, 6.07) is 2.79. The zero-order valence-electron chi connectivity index (χ0n) is 9.73. The lowest BCUT2D eigenvalue weighted by Gasteiger charge is -2.30. The summed E-state index contributed by atoms with van der Waals surface area (Å²) < 4.78 is 26.0. The second kappa shape index (κ2) is 6.11. The summed E-state index contributed by atoms with van der Waals surface area (Å²) in [7, 11) is 0. The van der Waals surface area contributed by atoms with Crippen LogP contribution in [0.15, 0.2) is 18.2 Å². The van der Waals surface area contributed by atoms with Crippen molar-refractivity contribution in [1.82, 2.24) is 4.90 Å². The number of hydrogen-bond donors (Lipinski definition) is 1. The molecule has 1 aliphatic rings. The van der Waals surface area contributed by atoms with E-state index in [2.05, 4.69) is 0 Å². The molecule has 0 aliphatic carbocycles. The molecule has 1 atom stereocenters. The lowest BCUT2D eigenvalue weighted by Crippen LogP contribution is -2.45. The average molecular weight is 277 g/mol. The highest BCUT2D eigenvalue weighted by Gasteiger charge is 2.22. The average Bonchev–Trinajstić information content (AvgIpc) is 2.26. The number of nitrogens with zero attached hydrogens (tertiary/aromatic N) is 1. The van der Waals surface area contributed by atoms with Crippen LogP contribution in [-0.4, -0.2) is 29.9 Å². The Balaban J connectivity index is 0.00000162. The summed E-state index contributed by atoms with van der Waals surface area (Å²) >= 11 is 0. The van der Waals surface area contributed by atoms with Crippen LogP contribution in [0.25, 0.3) is 0 Å². The van der Waals surface area contributed by atoms with E-state index >= 15 is 0 Å². The van der Waals surface area contributed by atoms with Crippen LogP contribution in [0.3, 0.4) is 0 Å². The van der Waals surface area contributed by atoms with Crippen LogP contribution in [0.2, 0.25) is 0 Å². The predicted octanol–water partition coefficient (Wildman–Crippen LogP) is 1.95. The van der Waals surface area contributed by atoms with Crippen LogP contribution < -0.4 is 5.73 Å². The smallest absolute Gasteiger partial charge is 0.254 e. The van der Waals surface area contributed by atoms with Crippen LogP contribution in [0, 0.1) is 11.6 Å². The van der Waals surface area contributed by atoms with E-state index < -0.39 is 11.6 Å². The second-order valence-electron chi connectivity index (χ2n) is 4.31. The molecule has 0 unspecified atom stereocenters. The summed E-state index contributed by atoms with van der Waals surface area (Å²) in [4.78, 5) is 13.5. The lowest BCUT2D eigenvalue weighted by atomic mass is 10.1. The fourth-order valence-corrected chi connectivity index (χ4v) is 2.05. The molecule has 2 N–H and O–H groups in total. The summed E-state index contributed by atoms with van der Waals surface area (Å²) in [5.41, 5.74) is 5.80. The van der Waals surface area contributed by atoms with Crippen molar-refractivity contribution in [1.29, 1.82) is 0 Å². The predicted molar refractivity (Wildman–Crippen MR) is 66.7 cm³/mol. The van der Waals surface area contributed by atoms with Gasteiger partial charge in [0.2, 0.25) is 0 Å². The largest absolute Gasteiger partial charge is 0.337 e. The third kappa shape index (κ3) is 3.40. The Kier molecular flexibility index (Phi) is 5.04. The number of hydrogen-bond acceptors (Lipinski definition) is 2. The van der Waals surface area contributed by atoms with E-state index in [4.69, 9.17) is 5.73 Å². The molecule has 0 aromatic heterocycles. The highest BCUT2D eigenvalue weighted by atomic mass is 35.5. The number of piperidine rings is 1. The normalized spacial score (nSPS) is 19.3. The minimum Gasteiger partial charge on any atom is -0.337 e. The molecule has 1 aliphatic heterocycles. The third-order valence-corrected chi connectivity index (χ3v) is 2.85. The van der Waals surface area contributed by atoms with Gasteiger partial charge in [-0.25, -0.2) is 8.78 Å². The molecule has 3 nitrogen and oxygen atoms in total. The summed E-state index contributed by atoms with van der Waals surface area (Å²) in [6.07, 6.45) is 1.70. The quantitative estimate of drug-likeness (QED) is 0.852. The molecule has 1 saturated heterocycles. The van der Waals surface area contributed by atoms with Crippen molar-refractivity contribution >= 4 is 18.3 Å². The highest BCUT2D eigenvalue weighted by Crippen LogP contribution is 2.14. The number of likely N-dealkylation sites (tertiary alicyclic amines) is 1. The molecule has 0 bridgehead atoms. The van der Waals surface area contributed by atoms with Crippen LogP contribution in [-0.2, 0) is 0 Å². The van der Waals surface area contributed by atoms with Gasteiger partial charge < -0.3 is 10.6 Å². The van der Waals surface area contributed by atoms with Gasteiger partial charge in [-0.3, -0.25) is 4.79 Å². The molecule has 100 valence electrons. The molecule has 2 rings (SSSR count). The van der Waals surface area contributed by atoms with Gasteiger partial charge in [-0.2, -0.15) is 0 Å². The maximum Gasteiger partial charge on any atom is 0.254 e. The molecular weight excluding hydrogens is 262 g/mol. The van der Waals surface area contributed by atoms with Gasteiger partial charge in [-0.15, -0.1) is 12.4 Å². The van der Waals surface area contributed by atoms with Gasteiger partial charge in [0, 0.05) is 30.8 Å². The maximum atomic E-state index is 13.0. The Labute approximate surface area is 110 Å². The molecule has 6 heteroatoms. The number of nitrogens with two attached hydrogens (primary N) is 1. The number of carbonyl (C=O) groups is 1. The van der Waals surface area contributed by atoms with Crippen molar-refractivity contribution in [3.05, 3.63) is 35.4 Å². The van der Waals surface area contributed by atoms with E-state index in [1.807, 2.05) is 0 Å². The number of amides is 1. The van der Waals surface area contributed by atoms with Gasteiger partial charge >= 0.3 is 0 Å². The van der Waals surface area contributed by atoms with E-state index in [1.54, 1.807) is 4.90 Å². The molecule has 1 heterocycles. The van der Waals surface area contributed by atoms with Gasteiger partial charge in [-0.05, 0) is 25.0 Å². The molecule has 0 spiro atoms. The maximum absolute atomic E-state index is 13.0.